The Morgan fingerprint density at radius 2 is 1.54 bits per heavy atom. The van der Waals surface area contributed by atoms with E-state index in [9.17, 15) is 14.4 Å². The molecule has 5 nitrogen and oxygen atoms in total. The third-order valence-electron chi connectivity index (χ3n) is 4.43. The first-order chi connectivity index (χ1) is 13.2. The van der Waals surface area contributed by atoms with Crippen LogP contribution in [0.5, 0.6) is 0 Å². The SMILES string of the molecule is CC(C)(C)OC(=O)CCC(c1ccc(Cl)cc1)N1C(=O)c2ccccc2C1=O. The number of carbonyl (C=O) groups is 3. The monoisotopic (exact) mass is 399 g/mol. The number of imide groups is 1. The summed E-state index contributed by atoms with van der Waals surface area (Å²) in [7, 11) is 0. The van der Waals surface area contributed by atoms with Crippen molar-refractivity contribution in [2.75, 3.05) is 0 Å². The number of ether oxygens (including phenoxy) is 1. The molecule has 0 saturated heterocycles. The van der Waals surface area contributed by atoms with E-state index in [0.29, 0.717) is 16.1 Å². The molecule has 1 heterocycles. The fourth-order valence-electron chi connectivity index (χ4n) is 3.27. The summed E-state index contributed by atoms with van der Waals surface area (Å²) >= 11 is 5.98. The highest BCUT2D eigenvalue weighted by molar-refractivity contribution is 6.30. The van der Waals surface area contributed by atoms with Gasteiger partial charge in [0.05, 0.1) is 17.2 Å². The second-order valence-corrected chi connectivity index (χ2v) is 8.15. The van der Waals surface area contributed by atoms with Crippen LogP contribution in [0.1, 0.15) is 65.9 Å². The predicted octanol–water partition coefficient (Wildman–Crippen LogP) is 4.80. The molecule has 1 aliphatic heterocycles. The highest BCUT2D eigenvalue weighted by Crippen LogP contribution is 2.34. The molecule has 1 aliphatic rings. The summed E-state index contributed by atoms with van der Waals surface area (Å²) in [5, 5.41) is 0.553. The van der Waals surface area contributed by atoms with Gasteiger partial charge in [-0.1, -0.05) is 35.9 Å². The van der Waals surface area contributed by atoms with Crippen molar-refractivity contribution in [3.05, 3.63) is 70.2 Å². The first-order valence-corrected chi connectivity index (χ1v) is 9.49. The summed E-state index contributed by atoms with van der Waals surface area (Å²) < 4.78 is 5.37. The smallest absolute Gasteiger partial charge is 0.306 e. The lowest BCUT2D eigenvalue weighted by Gasteiger charge is -2.27. The molecule has 0 N–H and O–H groups in total. The van der Waals surface area contributed by atoms with Gasteiger partial charge in [-0.2, -0.15) is 0 Å². The van der Waals surface area contributed by atoms with Gasteiger partial charge in [0, 0.05) is 11.4 Å². The van der Waals surface area contributed by atoms with E-state index in [1.54, 1.807) is 69.3 Å². The average Bonchev–Trinajstić information content (AvgIpc) is 2.87. The third-order valence-corrected chi connectivity index (χ3v) is 4.69. The fraction of sp³-hybridized carbons (Fsp3) is 0.318. The molecule has 0 aliphatic carbocycles. The average molecular weight is 400 g/mol. The van der Waals surface area contributed by atoms with E-state index in [0.717, 1.165) is 5.56 Å². The van der Waals surface area contributed by atoms with E-state index in [-0.39, 0.29) is 30.6 Å². The lowest BCUT2D eigenvalue weighted by Crippen LogP contribution is -2.35. The number of rotatable bonds is 5. The summed E-state index contributed by atoms with van der Waals surface area (Å²) in [6.45, 7) is 5.39. The Kier molecular flexibility index (Phi) is 5.57. The van der Waals surface area contributed by atoms with E-state index in [2.05, 4.69) is 0 Å². The summed E-state index contributed by atoms with van der Waals surface area (Å²) in [6.07, 6.45) is 0.347. The van der Waals surface area contributed by atoms with Crippen molar-refractivity contribution in [1.82, 2.24) is 4.90 Å². The van der Waals surface area contributed by atoms with Crippen LogP contribution in [0.2, 0.25) is 5.02 Å². The molecule has 146 valence electrons. The zero-order valence-corrected chi connectivity index (χ0v) is 16.8. The van der Waals surface area contributed by atoms with Crippen molar-refractivity contribution in [3.8, 4) is 0 Å². The Morgan fingerprint density at radius 3 is 2.04 bits per heavy atom. The minimum Gasteiger partial charge on any atom is -0.460 e. The number of carbonyl (C=O) groups excluding carboxylic acids is 3. The maximum atomic E-state index is 12.9. The maximum absolute atomic E-state index is 12.9. The predicted molar refractivity (Wildman–Crippen MR) is 106 cm³/mol. The van der Waals surface area contributed by atoms with Crippen LogP contribution in [0.3, 0.4) is 0 Å². The zero-order valence-electron chi connectivity index (χ0n) is 16.1. The standard InChI is InChI=1S/C22H22ClNO4/c1-22(2,3)28-19(25)13-12-18(14-8-10-15(23)11-9-14)24-20(26)16-6-4-5-7-17(16)21(24)27/h4-11,18H,12-13H2,1-3H3. The van der Waals surface area contributed by atoms with Gasteiger partial charge < -0.3 is 4.74 Å². The molecular formula is C22H22ClNO4. The molecule has 0 saturated carbocycles. The van der Waals surface area contributed by atoms with Gasteiger partial charge >= 0.3 is 5.97 Å². The molecule has 0 spiro atoms. The quantitative estimate of drug-likeness (QED) is 0.535. The lowest BCUT2D eigenvalue weighted by atomic mass is 10.00. The van der Waals surface area contributed by atoms with Crippen LogP contribution >= 0.6 is 11.6 Å². The first-order valence-electron chi connectivity index (χ1n) is 9.11. The van der Waals surface area contributed by atoms with Crippen LogP contribution in [0.25, 0.3) is 0 Å². The minimum atomic E-state index is -0.595. The largest absolute Gasteiger partial charge is 0.460 e. The topological polar surface area (TPSA) is 63.7 Å². The Hall–Kier alpha value is -2.66. The molecular weight excluding hydrogens is 378 g/mol. The number of amides is 2. The van der Waals surface area contributed by atoms with Crippen molar-refractivity contribution < 1.29 is 19.1 Å². The summed E-state index contributed by atoms with van der Waals surface area (Å²) in [5.41, 5.74) is 0.900. The normalized spacial score (nSPS) is 14.8. The Labute approximate surface area is 169 Å². The summed E-state index contributed by atoms with van der Waals surface area (Å²) in [4.78, 5) is 39.3. The van der Waals surface area contributed by atoms with Crippen LogP contribution < -0.4 is 0 Å². The van der Waals surface area contributed by atoms with Gasteiger partial charge in [-0.05, 0) is 57.0 Å². The lowest BCUT2D eigenvalue weighted by molar-refractivity contribution is -0.155. The van der Waals surface area contributed by atoms with Crippen molar-refractivity contribution >= 4 is 29.4 Å². The van der Waals surface area contributed by atoms with E-state index >= 15 is 0 Å². The minimum absolute atomic E-state index is 0.0813. The molecule has 2 aromatic carbocycles. The first kappa shape index (κ1) is 20.1. The number of fused-ring (bicyclic) bond motifs is 1. The van der Waals surface area contributed by atoms with Crippen molar-refractivity contribution in [2.24, 2.45) is 0 Å². The van der Waals surface area contributed by atoms with E-state index < -0.39 is 11.6 Å². The number of benzene rings is 2. The van der Waals surface area contributed by atoms with Crippen LogP contribution in [0.15, 0.2) is 48.5 Å². The highest BCUT2D eigenvalue weighted by Gasteiger charge is 2.40. The van der Waals surface area contributed by atoms with Crippen molar-refractivity contribution in [1.29, 1.82) is 0 Å². The van der Waals surface area contributed by atoms with Gasteiger partial charge in [-0.15, -0.1) is 0 Å². The van der Waals surface area contributed by atoms with E-state index in [1.807, 2.05) is 0 Å². The number of nitrogens with zero attached hydrogens (tertiary/aromatic N) is 1. The highest BCUT2D eigenvalue weighted by atomic mass is 35.5. The molecule has 0 fully saturated rings. The van der Waals surface area contributed by atoms with E-state index in [1.165, 1.54) is 4.90 Å². The molecule has 3 rings (SSSR count). The molecule has 2 amide bonds. The Balaban J connectivity index is 1.89. The van der Waals surface area contributed by atoms with Crippen LogP contribution in [-0.4, -0.2) is 28.3 Å². The second-order valence-electron chi connectivity index (χ2n) is 7.72. The molecule has 0 aromatic heterocycles. The van der Waals surface area contributed by atoms with Crippen LogP contribution in [-0.2, 0) is 9.53 Å². The van der Waals surface area contributed by atoms with Gasteiger partial charge in [-0.25, -0.2) is 0 Å². The summed E-state index contributed by atoms with van der Waals surface area (Å²) in [6, 6.07) is 13.1. The Bertz CT molecular complexity index is 880. The van der Waals surface area contributed by atoms with Gasteiger partial charge in [0.1, 0.15) is 5.60 Å². The van der Waals surface area contributed by atoms with Crippen molar-refractivity contribution in [3.63, 3.8) is 0 Å². The molecule has 2 aromatic rings. The molecule has 6 heteroatoms. The number of esters is 1. The number of halogens is 1. The third kappa shape index (κ3) is 4.25. The fourth-order valence-corrected chi connectivity index (χ4v) is 3.39. The number of hydrogen-bond donors (Lipinski definition) is 0. The van der Waals surface area contributed by atoms with Gasteiger partial charge in [0.15, 0.2) is 0 Å². The van der Waals surface area contributed by atoms with Crippen LogP contribution in [0, 0.1) is 0 Å². The molecule has 28 heavy (non-hydrogen) atoms. The van der Waals surface area contributed by atoms with Gasteiger partial charge in [0.25, 0.3) is 11.8 Å². The number of hydrogen-bond acceptors (Lipinski definition) is 4. The van der Waals surface area contributed by atoms with Crippen molar-refractivity contribution in [2.45, 2.75) is 45.3 Å². The second kappa shape index (κ2) is 7.76. The van der Waals surface area contributed by atoms with Gasteiger partial charge in [0.2, 0.25) is 0 Å². The van der Waals surface area contributed by atoms with Gasteiger partial charge in [-0.3, -0.25) is 19.3 Å². The molecule has 1 atom stereocenters. The zero-order chi connectivity index (χ0) is 20.5. The molecule has 0 bridgehead atoms. The summed E-state index contributed by atoms with van der Waals surface area (Å²) in [5.74, 6) is -1.09. The molecule has 0 radical (unpaired) electrons. The van der Waals surface area contributed by atoms with Crippen LogP contribution in [0.4, 0.5) is 0 Å². The maximum Gasteiger partial charge on any atom is 0.306 e. The molecule has 1 unspecified atom stereocenters. The van der Waals surface area contributed by atoms with E-state index in [4.69, 9.17) is 16.3 Å². The Morgan fingerprint density at radius 1 is 1.00 bits per heavy atom.